The van der Waals surface area contributed by atoms with E-state index in [1.165, 1.54) is 0 Å². The molecule has 0 aliphatic heterocycles. The normalized spacial score (nSPS) is 12.8. The summed E-state index contributed by atoms with van der Waals surface area (Å²) in [5.74, 6) is 0. The van der Waals surface area contributed by atoms with Crippen LogP contribution in [-0.4, -0.2) is 33.9 Å². The first-order valence-electron chi connectivity index (χ1n) is 8.59. The Morgan fingerprint density at radius 3 is 2.19 bits per heavy atom. The predicted octanol–water partition coefficient (Wildman–Crippen LogP) is 2.96. The molecule has 6 nitrogen and oxygen atoms in total. The van der Waals surface area contributed by atoms with Gasteiger partial charge in [0.05, 0.1) is 12.6 Å². The average molecular weight is 363 g/mol. The number of hydrogen-bond donors (Lipinski definition) is 4. The molecule has 138 valence electrons. The van der Waals surface area contributed by atoms with Crippen molar-refractivity contribution >= 4 is 11.7 Å². The molecule has 0 spiro atoms. The molecular formula is C21H21N3O3. The van der Waals surface area contributed by atoms with E-state index in [4.69, 9.17) is 0 Å². The minimum absolute atomic E-state index is 0.384. The summed E-state index contributed by atoms with van der Waals surface area (Å²) >= 11 is 0. The Morgan fingerprint density at radius 1 is 0.926 bits per heavy atom. The van der Waals surface area contributed by atoms with Gasteiger partial charge >= 0.3 is 6.03 Å². The van der Waals surface area contributed by atoms with Gasteiger partial charge in [-0.1, -0.05) is 42.5 Å². The molecule has 0 bridgehead atoms. The molecule has 0 aliphatic carbocycles. The van der Waals surface area contributed by atoms with Gasteiger partial charge in [-0.3, -0.25) is 4.98 Å². The topological polar surface area (TPSA) is 94.5 Å². The number of amides is 2. The molecular weight excluding hydrogens is 342 g/mol. The maximum atomic E-state index is 12.2. The number of pyridine rings is 1. The summed E-state index contributed by atoms with van der Waals surface area (Å²) in [6.07, 6.45) is 2.44. The number of aliphatic hydroxyl groups excluding tert-OH is 2. The number of hydrogen-bond acceptors (Lipinski definition) is 4. The highest BCUT2D eigenvalue weighted by molar-refractivity contribution is 5.89. The molecule has 3 aromatic rings. The maximum Gasteiger partial charge on any atom is 0.319 e. The van der Waals surface area contributed by atoms with E-state index in [9.17, 15) is 15.0 Å². The number of aliphatic hydroxyl groups is 2. The van der Waals surface area contributed by atoms with Gasteiger partial charge in [0, 0.05) is 18.1 Å². The number of carbonyl (C=O) groups is 1. The molecule has 0 saturated heterocycles. The fraction of sp³-hybridized carbons (Fsp3) is 0.143. The quantitative estimate of drug-likeness (QED) is 0.542. The van der Waals surface area contributed by atoms with Crippen LogP contribution in [0, 0.1) is 0 Å². The molecule has 0 fully saturated rings. The van der Waals surface area contributed by atoms with E-state index >= 15 is 0 Å². The molecule has 2 unspecified atom stereocenters. The molecule has 1 heterocycles. The first-order chi connectivity index (χ1) is 13.2. The van der Waals surface area contributed by atoms with Crippen molar-refractivity contribution in [3.63, 3.8) is 0 Å². The molecule has 0 radical (unpaired) electrons. The maximum absolute atomic E-state index is 12.2. The van der Waals surface area contributed by atoms with E-state index in [1.54, 1.807) is 48.8 Å². The third-order valence-corrected chi connectivity index (χ3v) is 4.19. The van der Waals surface area contributed by atoms with Crippen molar-refractivity contribution in [2.75, 3.05) is 11.9 Å². The van der Waals surface area contributed by atoms with E-state index in [2.05, 4.69) is 15.6 Å². The summed E-state index contributed by atoms with van der Waals surface area (Å²) in [6, 6.07) is 18.8. The molecule has 0 aliphatic rings. The smallest absolute Gasteiger partial charge is 0.319 e. The molecule has 1 aromatic heterocycles. The number of aromatic nitrogens is 1. The molecule has 2 aromatic carbocycles. The SMILES string of the molecule is O=C(Nc1ccc(-c2ccncc2)cc1)NC(CO)C(O)c1ccccc1. The van der Waals surface area contributed by atoms with Gasteiger partial charge in [0.2, 0.25) is 0 Å². The van der Waals surface area contributed by atoms with Crippen LogP contribution < -0.4 is 10.6 Å². The Hall–Kier alpha value is -3.22. The molecule has 4 N–H and O–H groups in total. The van der Waals surface area contributed by atoms with Crippen molar-refractivity contribution < 1.29 is 15.0 Å². The zero-order valence-corrected chi connectivity index (χ0v) is 14.6. The number of nitrogens with one attached hydrogen (secondary N) is 2. The van der Waals surface area contributed by atoms with Gasteiger partial charge < -0.3 is 20.8 Å². The van der Waals surface area contributed by atoms with Crippen LogP contribution in [0.15, 0.2) is 79.1 Å². The zero-order chi connectivity index (χ0) is 19.1. The van der Waals surface area contributed by atoms with E-state index in [1.807, 2.05) is 30.3 Å². The number of benzene rings is 2. The van der Waals surface area contributed by atoms with Crippen LogP contribution in [0.2, 0.25) is 0 Å². The molecule has 2 amide bonds. The van der Waals surface area contributed by atoms with Gasteiger partial charge in [0.25, 0.3) is 0 Å². The Balaban J connectivity index is 1.61. The third-order valence-electron chi connectivity index (χ3n) is 4.19. The summed E-state index contributed by atoms with van der Waals surface area (Å²) < 4.78 is 0. The van der Waals surface area contributed by atoms with Crippen molar-refractivity contribution in [3.8, 4) is 11.1 Å². The third kappa shape index (κ3) is 4.91. The highest BCUT2D eigenvalue weighted by Crippen LogP contribution is 2.21. The van der Waals surface area contributed by atoms with E-state index in [-0.39, 0.29) is 6.61 Å². The Kier molecular flexibility index (Phi) is 6.14. The van der Waals surface area contributed by atoms with Crippen LogP contribution >= 0.6 is 0 Å². The van der Waals surface area contributed by atoms with Gasteiger partial charge in [-0.2, -0.15) is 0 Å². The summed E-state index contributed by atoms with van der Waals surface area (Å²) in [6.45, 7) is -0.384. The second kappa shape index (κ2) is 8.93. The van der Waals surface area contributed by atoms with Crippen molar-refractivity contribution in [2.24, 2.45) is 0 Å². The van der Waals surface area contributed by atoms with Gasteiger partial charge in [0.1, 0.15) is 6.10 Å². The Morgan fingerprint density at radius 2 is 1.56 bits per heavy atom. The Bertz CT molecular complexity index is 855. The summed E-state index contributed by atoms with van der Waals surface area (Å²) in [7, 11) is 0. The molecule has 27 heavy (non-hydrogen) atoms. The minimum atomic E-state index is -1.00. The lowest BCUT2D eigenvalue weighted by Crippen LogP contribution is -2.44. The van der Waals surface area contributed by atoms with E-state index in [0.717, 1.165) is 11.1 Å². The van der Waals surface area contributed by atoms with Crippen molar-refractivity contribution in [3.05, 3.63) is 84.7 Å². The van der Waals surface area contributed by atoms with Crippen LogP contribution in [-0.2, 0) is 0 Å². The standard InChI is InChI=1S/C21H21N3O3/c25-14-19(20(26)17-4-2-1-3-5-17)24-21(27)23-18-8-6-15(7-9-18)16-10-12-22-13-11-16/h1-13,19-20,25-26H,14H2,(H2,23,24,27). The summed E-state index contributed by atoms with van der Waals surface area (Å²) in [5, 5.41) is 25.2. The van der Waals surface area contributed by atoms with Gasteiger partial charge in [-0.25, -0.2) is 4.79 Å². The average Bonchev–Trinajstić information content (AvgIpc) is 2.73. The Labute approximate surface area is 157 Å². The molecule has 3 rings (SSSR count). The van der Waals surface area contributed by atoms with Gasteiger partial charge in [0.15, 0.2) is 0 Å². The largest absolute Gasteiger partial charge is 0.394 e. The van der Waals surface area contributed by atoms with Crippen LogP contribution in [0.1, 0.15) is 11.7 Å². The lowest BCUT2D eigenvalue weighted by molar-refractivity contribution is 0.0950. The lowest BCUT2D eigenvalue weighted by Gasteiger charge is -2.22. The van der Waals surface area contributed by atoms with E-state index in [0.29, 0.717) is 11.3 Å². The van der Waals surface area contributed by atoms with Crippen molar-refractivity contribution in [2.45, 2.75) is 12.1 Å². The number of rotatable bonds is 6. The van der Waals surface area contributed by atoms with Gasteiger partial charge in [-0.15, -0.1) is 0 Å². The minimum Gasteiger partial charge on any atom is -0.394 e. The summed E-state index contributed by atoms with van der Waals surface area (Å²) in [5.41, 5.74) is 3.28. The first-order valence-corrected chi connectivity index (χ1v) is 8.59. The lowest BCUT2D eigenvalue weighted by atomic mass is 10.0. The summed E-state index contributed by atoms with van der Waals surface area (Å²) in [4.78, 5) is 16.2. The highest BCUT2D eigenvalue weighted by atomic mass is 16.3. The fourth-order valence-electron chi connectivity index (χ4n) is 2.73. The number of nitrogens with zero attached hydrogens (tertiary/aromatic N) is 1. The van der Waals surface area contributed by atoms with Crippen LogP contribution in [0.25, 0.3) is 11.1 Å². The number of urea groups is 1. The number of carbonyl (C=O) groups excluding carboxylic acids is 1. The van der Waals surface area contributed by atoms with E-state index < -0.39 is 18.2 Å². The predicted molar refractivity (Wildman–Crippen MR) is 104 cm³/mol. The zero-order valence-electron chi connectivity index (χ0n) is 14.6. The first kappa shape index (κ1) is 18.6. The van der Waals surface area contributed by atoms with Crippen molar-refractivity contribution in [1.29, 1.82) is 0 Å². The molecule has 0 saturated carbocycles. The van der Waals surface area contributed by atoms with Crippen LogP contribution in [0.5, 0.6) is 0 Å². The second-order valence-electron chi connectivity index (χ2n) is 6.06. The monoisotopic (exact) mass is 363 g/mol. The second-order valence-corrected chi connectivity index (χ2v) is 6.06. The van der Waals surface area contributed by atoms with Gasteiger partial charge in [-0.05, 0) is 41.0 Å². The number of anilines is 1. The van der Waals surface area contributed by atoms with Crippen molar-refractivity contribution in [1.82, 2.24) is 10.3 Å². The highest BCUT2D eigenvalue weighted by Gasteiger charge is 2.22. The molecule has 6 heteroatoms. The van der Waals surface area contributed by atoms with Crippen LogP contribution in [0.3, 0.4) is 0 Å². The van der Waals surface area contributed by atoms with Crippen LogP contribution in [0.4, 0.5) is 10.5 Å². The fourth-order valence-corrected chi connectivity index (χ4v) is 2.73. The molecule has 2 atom stereocenters.